The number of primary amides is 1. The van der Waals surface area contributed by atoms with Gasteiger partial charge in [0.25, 0.3) is 0 Å². The minimum Gasteiger partial charge on any atom is -0.391 e. The lowest BCUT2D eigenvalue weighted by molar-refractivity contribution is -0.142. The second-order valence-electron chi connectivity index (χ2n) is 33.0. The van der Waals surface area contributed by atoms with Gasteiger partial charge >= 0.3 is 0 Å². The van der Waals surface area contributed by atoms with Crippen LogP contribution in [-0.2, 0) is 91.1 Å². The number of hydrogen-bond donors (Lipinski definition) is 30. The van der Waals surface area contributed by atoms with E-state index in [4.69, 9.17) is 63.1 Å². The van der Waals surface area contributed by atoms with Gasteiger partial charge in [-0.2, -0.15) is 11.8 Å². The molecule has 0 aromatic carbocycles. The molecule has 135 heavy (non-hydrogen) atoms. The van der Waals surface area contributed by atoms with Crippen molar-refractivity contribution in [1.29, 1.82) is 0 Å². The van der Waals surface area contributed by atoms with E-state index >= 15 is 0 Å². The maximum absolute atomic E-state index is 14.7. The fourth-order valence-electron chi connectivity index (χ4n) is 13.7. The van der Waals surface area contributed by atoms with E-state index in [0.717, 1.165) is 13.8 Å². The molecule has 0 unspecified atom stereocenters. The van der Waals surface area contributed by atoms with Crippen molar-refractivity contribution in [2.75, 3.05) is 77.5 Å². The number of guanidine groups is 3. The van der Waals surface area contributed by atoms with Crippen LogP contribution in [0.3, 0.4) is 0 Å². The normalized spacial score (nSPS) is 20.1. The van der Waals surface area contributed by atoms with E-state index in [9.17, 15) is 101 Å². The van der Waals surface area contributed by atoms with E-state index < -0.39 is 247 Å². The van der Waals surface area contributed by atoms with Crippen molar-refractivity contribution in [1.82, 2.24) is 95.3 Å². The standard InChI is InChI=1S/C81H148N32O21S/c1-42(85)64(120)104-52(24-16-35-94-79(87)88)68(124)99-43(2)65(121)106-56(30-39-135-7)72(128)108-51-23-11-15-34-93-58(116)29-28-55(109-70(126)50(22-10-14-33-84)107-71(127)53(25-17-36-95-80(89)90)105-66(122)44(3)100-77(133)62(47(6)115)112-73(51)129)74(130)111-61(46(5)114)76(132)98-40-59(117)97-41-60(118)102-49(21-9-13-32-83)67(123)101-45(4)78(134)113-38-19-27-57(113)75(131)110-54(26-18-37-96-81(91)92)69(125)103-48(63(86)119)20-8-12-31-82/h42-57,61-62,114-115H,8-41,82-85H2,1-7H3,(H2,86,119)(H,93,116)(H,97,117)(H,98,132)(H,99,124)(H,100,133)(H,101,123)(H,102,118)(H,103,125)(H,104,120)(H,105,122)(H,106,121)(H,107,127)(H,108,128)(H,109,126)(H,110,131)(H,111,130)(H,112,129)(H4,87,88,94)(H4,89,90,95)(H4,91,92,96)/t42-,43-,44-,45-,46+,47+,48-,49-,50-,51-,52-,53-,54-,55-,56-,57-,61-,62-/m0/s1. The van der Waals surface area contributed by atoms with Gasteiger partial charge in [-0.1, -0.05) is 0 Å². The van der Waals surface area contributed by atoms with Gasteiger partial charge in [0.05, 0.1) is 31.3 Å². The Bertz CT molecular complexity index is 4000. The van der Waals surface area contributed by atoms with Crippen LogP contribution in [-0.4, -0.2) is 332 Å². The number of unbranched alkanes of at least 4 members (excludes halogenated alkanes) is 3. The SMILES string of the molecule is CSCC[C@H](NC(=O)[C@H](C)NC(=O)[C@H](CCCN=C(N)N)NC(=O)[C@H](C)N)C(=O)N[C@H]1CCCCNC(=O)CC[C@@H](C(=O)N[C@H](C(=O)NCC(=O)NCC(=O)N[C@@H](CCCCN)C(=O)N[C@@H](C)C(=O)N2CCC[C@H]2C(=O)N[C@@H](CCCN=C(N)N)C(=O)N[C@@H](CCCCN)C(N)=O)[C@@H](C)O)NC(=O)[C@H](CCCCN)NC(=O)[C@H](CCCN=C(N)N)NC(=O)[C@H](C)NC(=O)[C@H]([C@@H](C)O)NC1=O. The van der Waals surface area contributed by atoms with Gasteiger partial charge in [0.15, 0.2) is 17.9 Å². The number of nitrogens with one attached hydrogen (secondary N) is 17. The number of aliphatic imine (C=N–C) groups is 3. The number of amides is 19. The van der Waals surface area contributed by atoms with Crippen LogP contribution in [0, 0.1) is 0 Å². The quantitative estimate of drug-likeness (QED) is 0.0153. The second-order valence-corrected chi connectivity index (χ2v) is 34.0. The van der Waals surface area contributed by atoms with Crippen molar-refractivity contribution < 1.29 is 101 Å². The number of thioether (sulfide) groups is 1. The van der Waals surface area contributed by atoms with Gasteiger partial charge in [-0.15, -0.1) is 0 Å². The number of nitrogens with zero attached hydrogens (tertiary/aromatic N) is 4. The van der Waals surface area contributed by atoms with E-state index in [0.29, 0.717) is 38.6 Å². The minimum absolute atomic E-state index is 0.00248. The molecule has 54 heteroatoms. The Hall–Kier alpha value is -12.1. The number of aliphatic hydroxyl groups excluding tert-OH is 2. The number of hydrogen-bond acceptors (Lipinski definition) is 29. The molecule has 0 spiro atoms. The lowest BCUT2D eigenvalue weighted by atomic mass is 10.0. The third kappa shape index (κ3) is 47.1. The highest BCUT2D eigenvalue weighted by Crippen LogP contribution is 2.21. The zero-order valence-corrected chi connectivity index (χ0v) is 78.9. The van der Waals surface area contributed by atoms with Crippen LogP contribution in [0.1, 0.15) is 189 Å². The molecule has 18 atom stereocenters. The summed E-state index contributed by atoms with van der Waals surface area (Å²) in [6.45, 7) is 6.41. The molecule has 0 bridgehead atoms. The summed E-state index contributed by atoms with van der Waals surface area (Å²) >= 11 is 1.29. The smallest absolute Gasteiger partial charge is 0.245 e. The second kappa shape index (κ2) is 64.7. The Balaban J connectivity index is 2.53. The summed E-state index contributed by atoms with van der Waals surface area (Å²) < 4.78 is 0. The van der Waals surface area contributed by atoms with E-state index in [2.05, 4.69) is 105 Å². The van der Waals surface area contributed by atoms with Crippen LogP contribution in [0.15, 0.2) is 15.0 Å². The number of carbonyl (C=O) groups is 19. The highest BCUT2D eigenvalue weighted by molar-refractivity contribution is 7.98. The molecule has 0 aliphatic carbocycles. The van der Waals surface area contributed by atoms with Crippen molar-refractivity contribution in [2.24, 2.45) is 78.0 Å². The summed E-state index contributed by atoms with van der Waals surface area (Å²) in [4.78, 5) is 277. The lowest BCUT2D eigenvalue weighted by Crippen LogP contribution is -2.62. The van der Waals surface area contributed by atoms with Crippen LogP contribution in [0.2, 0.25) is 0 Å². The fraction of sp³-hybridized carbons (Fsp3) is 0.728. The molecule has 764 valence electrons. The average molecular weight is 1940 g/mol. The molecular formula is C81H148N32O21S. The summed E-state index contributed by atoms with van der Waals surface area (Å²) in [5.41, 5.74) is 61.5. The summed E-state index contributed by atoms with van der Waals surface area (Å²) in [5, 5.41) is 64.7. The summed E-state index contributed by atoms with van der Waals surface area (Å²) in [7, 11) is 0. The number of aliphatic hydroxyl groups is 2. The summed E-state index contributed by atoms with van der Waals surface area (Å²) in [6, 6.07) is -22.9. The van der Waals surface area contributed by atoms with Crippen LogP contribution in [0.4, 0.5) is 0 Å². The fourth-order valence-corrected chi connectivity index (χ4v) is 14.2. The van der Waals surface area contributed by atoms with E-state index in [-0.39, 0.29) is 172 Å². The topological polar surface area (TPSA) is 896 Å². The first-order valence-electron chi connectivity index (χ1n) is 45.3. The number of rotatable bonds is 53. The van der Waals surface area contributed by atoms with Crippen LogP contribution in [0.25, 0.3) is 0 Å². The van der Waals surface area contributed by atoms with Crippen molar-refractivity contribution in [3.63, 3.8) is 0 Å². The first-order valence-corrected chi connectivity index (χ1v) is 46.7. The molecule has 2 saturated heterocycles. The Labute approximate surface area is 788 Å². The maximum atomic E-state index is 14.7. The summed E-state index contributed by atoms with van der Waals surface area (Å²) in [5.74, 6) is -17.9. The molecule has 0 aromatic heterocycles. The van der Waals surface area contributed by atoms with Crippen molar-refractivity contribution in [2.45, 2.75) is 298 Å². The number of nitrogens with two attached hydrogens (primary N) is 11. The number of carbonyl (C=O) groups excluding carboxylic acids is 19. The van der Waals surface area contributed by atoms with Gasteiger partial charge in [-0.05, 0) is 214 Å². The number of likely N-dealkylation sites (tertiary alicyclic amines) is 1. The molecule has 41 N–H and O–H groups in total. The van der Waals surface area contributed by atoms with Gasteiger partial charge in [0, 0.05) is 39.1 Å². The molecule has 0 saturated carbocycles. The summed E-state index contributed by atoms with van der Waals surface area (Å²) in [6.07, 6.45) is -0.295. The largest absolute Gasteiger partial charge is 0.391 e. The molecular weight excluding hydrogens is 1790 g/mol. The first-order chi connectivity index (χ1) is 63.8. The molecule has 0 radical (unpaired) electrons. The average Bonchev–Trinajstić information content (AvgIpc) is 1.72. The minimum atomic E-state index is -1.93. The highest BCUT2D eigenvalue weighted by atomic mass is 32.2. The zero-order chi connectivity index (χ0) is 102. The Morgan fingerprint density at radius 3 is 1.54 bits per heavy atom. The van der Waals surface area contributed by atoms with E-state index in [1.807, 2.05) is 0 Å². The third-order valence-corrected chi connectivity index (χ3v) is 22.1. The van der Waals surface area contributed by atoms with Gasteiger partial charge in [0.2, 0.25) is 112 Å². The molecule has 53 nitrogen and oxygen atoms in total. The first kappa shape index (κ1) is 119. The molecule has 2 aliphatic rings. The third-order valence-electron chi connectivity index (χ3n) is 21.4. The van der Waals surface area contributed by atoms with Crippen LogP contribution in [0.5, 0.6) is 0 Å². The van der Waals surface area contributed by atoms with E-state index in [1.54, 1.807) is 6.26 Å². The molecule has 19 amide bonds. The highest BCUT2D eigenvalue weighted by Gasteiger charge is 2.42. The van der Waals surface area contributed by atoms with Crippen LogP contribution >= 0.6 is 11.8 Å². The molecule has 2 heterocycles. The zero-order valence-electron chi connectivity index (χ0n) is 78.1. The van der Waals surface area contributed by atoms with E-state index in [1.165, 1.54) is 44.4 Å². The maximum Gasteiger partial charge on any atom is 0.245 e. The van der Waals surface area contributed by atoms with Gasteiger partial charge in [-0.3, -0.25) is 106 Å². The van der Waals surface area contributed by atoms with Crippen molar-refractivity contribution in [3.8, 4) is 0 Å². The molecule has 2 aliphatic heterocycles. The van der Waals surface area contributed by atoms with Crippen molar-refractivity contribution >= 4 is 142 Å². The van der Waals surface area contributed by atoms with Gasteiger partial charge in [-0.25, -0.2) is 0 Å². The monoisotopic (exact) mass is 1940 g/mol. The molecule has 2 fully saturated rings. The van der Waals surface area contributed by atoms with Crippen molar-refractivity contribution in [3.05, 3.63) is 0 Å². The molecule has 2 rings (SSSR count). The van der Waals surface area contributed by atoms with Gasteiger partial charge < -0.3 is 169 Å². The Kier molecular flexibility index (Phi) is 57.0. The lowest BCUT2D eigenvalue weighted by Gasteiger charge is -2.29. The predicted molar refractivity (Wildman–Crippen MR) is 499 cm³/mol. The van der Waals surface area contributed by atoms with Gasteiger partial charge in [0.1, 0.15) is 90.6 Å². The van der Waals surface area contributed by atoms with Crippen LogP contribution < -0.4 is 153 Å². The molecule has 0 aromatic rings. The Morgan fingerprint density at radius 2 is 0.978 bits per heavy atom. The predicted octanol–water partition coefficient (Wildman–Crippen LogP) is -13.0. The Morgan fingerprint density at radius 1 is 0.474 bits per heavy atom.